The molecule has 0 radical (unpaired) electrons. The van der Waals surface area contributed by atoms with Gasteiger partial charge in [0.2, 0.25) is 11.8 Å². The van der Waals surface area contributed by atoms with E-state index in [1.807, 2.05) is 0 Å². The number of methoxy groups -OCH3 is 2. The van der Waals surface area contributed by atoms with Crippen LogP contribution in [0.2, 0.25) is 5.02 Å². The molecular weight excluding hydrogens is 296 g/mol. The minimum absolute atomic E-state index is 0.136. The Morgan fingerprint density at radius 3 is 2.57 bits per heavy atom. The molecule has 1 aliphatic heterocycles. The number of halogens is 1. The average molecular weight is 313 g/mol. The Kier molecular flexibility index (Phi) is 4.57. The summed E-state index contributed by atoms with van der Waals surface area (Å²) in [5.41, 5.74) is 0.541. The maximum absolute atomic E-state index is 12.2. The van der Waals surface area contributed by atoms with Gasteiger partial charge in [-0.15, -0.1) is 0 Å². The van der Waals surface area contributed by atoms with Gasteiger partial charge in [0.05, 0.1) is 30.8 Å². The lowest BCUT2D eigenvalue weighted by atomic mass is 10.1. The first-order chi connectivity index (χ1) is 10.0. The molecule has 0 spiro atoms. The number of nitrogens with zero attached hydrogens (tertiary/aromatic N) is 1. The number of ether oxygens (including phenoxy) is 2. The number of anilines is 1. The molecule has 2 amide bonds. The molecule has 0 aromatic heterocycles. The van der Waals surface area contributed by atoms with E-state index in [4.69, 9.17) is 21.1 Å². The van der Waals surface area contributed by atoms with Crippen molar-refractivity contribution in [3.63, 3.8) is 0 Å². The fourth-order valence-corrected chi connectivity index (χ4v) is 2.61. The zero-order valence-corrected chi connectivity index (χ0v) is 12.9. The molecule has 1 aromatic rings. The number of hydrogen-bond donors (Lipinski definition) is 1. The van der Waals surface area contributed by atoms with Gasteiger partial charge >= 0.3 is 0 Å². The van der Waals surface area contributed by atoms with Crippen molar-refractivity contribution in [2.45, 2.75) is 6.42 Å². The van der Waals surface area contributed by atoms with Crippen molar-refractivity contribution in [2.75, 3.05) is 32.7 Å². The van der Waals surface area contributed by atoms with Crippen LogP contribution in [0.3, 0.4) is 0 Å². The zero-order chi connectivity index (χ0) is 15.6. The number of amides is 2. The summed E-state index contributed by atoms with van der Waals surface area (Å²) in [7, 11) is 4.56. The number of hydrogen-bond acceptors (Lipinski definition) is 4. The SMILES string of the molecule is CNC(=O)C1CC(=O)N(c2cc(Cl)c(OC)cc2OC)C1. The van der Waals surface area contributed by atoms with E-state index in [-0.39, 0.29) is 24.2 Å². The standard InChI is InChI=1S/C14H17ClN2O4/c1-16-14(19)8-4-13(18)17(7-8)10-5-9(15)11(20-2)6-12(10)21-3/h5-6,8H,4,7H2,1-3H3,(H,16,19). The van der Waals surface area contributed by atoms with Crippen LogP contribution >= 0.6 is 11.6 Å². The normalized spacial score (nSPS) is 17.8. The van der Waals surface area contributed by atoms with E-state index in [0.717, 1.165) is 0 Å². The monoisotopic (exact) mass is 312 g/mol. The quantitative estimate of drug-likeness (QED) is 0.914. The molecule has 1 N–H and O–H groups in total. The molecule has 1 fully saturated rings. The summed E-state index contributed by atoms with van der Waals surface area (Å²) in [6, 6.07) is 3.24. The minimum Gasteiger partial charge on any atom is -0.495 e. The molecule has 0 bridgehead atoms. The number of carbonyl (C=O) groups excluding carboxylic acids is 2. The van der Waals surface area contributed by atoms with Crippen molar-refractivity contribution in [3.05, 3.63) is 17.2 Å². The molecule has 1 atom stereocenters. The molecule has 2 rings (SSSR count). The topological polar surface area (TPSA) is 67.9 Å². The van der Waals surface area contributed by atoms with Gasteiger partial charge in [0.15, 0.2) is 0 Å². The van der Waals surface area contributed by atoms with Crippen LogP contribution < -0.4 is 19.7 Å². The predicted octanol–water partition coefficient (Wildman–Crippen LogP) is 1.46. The van der Waals surface area contributed by atoms with Crippen LogP contribution in [0.25, 0.3) is 0 Å². The highest BCUT2D eigenvalue weighted by molar-refractivity contribution is 6.32. The largest absolute Gasteiger partial charge is 0.495 e. The van der Waals surface area contributed by atoms with E-state index in [1.54, 1.807) is 19.2 Å². The van der Waals surface area contributed by atoms with E-state index < -0.39 is 0 Å². The second kappa shape index (κ2) is 6.22. The first-order valence-electron chi connectivity index (χ1n) is 6.45. The summed E-state index contributed by atoms with van der Waals surface area (Å²) in [5, 5.41) is 2.94. The number of carbonyl (C=O) groups is 2. The van der Waals surface area contributed by atoms with E-state index in [9.17, 15) is 9.59 Å². The fraction of sp³-hybridized carbons (Fsp3) is 0.429. The van der Waals surface area contributed by atoms with Crippen LogP contribution in [0.1, 0.15) is 6.42 Å². The summed E-state index contributed by atoms with van der Waals surface area (Å²) >= 11 is 6.11. The molecule has 7 heteroatoms. The van der Waals surface area contributed by atoms with Crippen LogP contribution in [0, 0.1) is 5.92 Å². The Bertz CT molecular complexity index is 576. The zero-order valence-electron chi connectivity index (χ0n) is 12.1. The first-order valence-corrected chi connectivity index (χ1v) is 6.83. The summed E-state index contributed by atoms with van der Waals surface area (Å²) in [4.78, 5) is 25.4. The first kappa shape index (κ1) is 15.4. The third-order valence-electron chi connectivity index (χ3n) is 3.49. The molecule has 0 aliphatic carbocycles. The van der Waals surface area contributed by atoms with E-state index in [2.05, 4.69) is 5.32 Å². The molecular formula is C14H17ClN2O4. The molecule has 1 aliphatic rings. The smallest absolute Gasteiger partial charge is 0.227 e. The summed E-state index contributed by atoms with van der Waals surface area (Å²) in [6.45, 7) is 0.303. The van der Waals surface area contributed by atoms with Gasteiger partial charge < -0.3 is 19.7 Å². The highest BCUT2D eigenvalue weighted by Crippen LogP contribution is 2.40. The van der Waals surface area contributed by atoms with Crippen LogP contribution in [0.5, 0.6) is 11.5 Å². The van der Waals surface area contributed by atoms with Crippen molar-refractivity contribution in [3.8, 4) is 11.5 Å². The van der Waals surface area contributed by atoms with Crippen molar-refractivity contribution in [1.29, 1.82) is 0 Å². The second-order valence-electron chi connectivity index (χ2n) is 4.68. The summed E-state index contributed by atoms with van der Waals surface area (Å²) in [5.74, 6) is 0.287. The lowest BCUT2D eigenvalue weighted by Gasteiger charge is -2.20. The van der Waals surface area contributed by atoms with Crippen molar-refractivity contribution in [1.82, 2.24) is 5.32 Å². The molecule has 0 saturated carbocycles. The maximum Gasteiger partial charge on any atom is 0.227 e. The summed E-state index contributed by atoms with van der Waals surface area (Å²) < 4.78 is 10.4. The third-order valence-corrected chi connectivity index (χ3v) is 3.78. The molecule has 6 nitrogen and oxygen atoms in total. The van der Waals surface area contributed by atoms with Gasteiger partial charge in [0, 0.05) is 26.1 Å². The van der Waals surface area contributed by atoms with Gasteiger partial charge in [-0.2, -0.15) is 0 Å². The van der Waals surface area contributed by atoms with Gasteiger partial charge in [-0.25, -0.2) is 0 Å². The highest BCUT2D eigenvalue weighted by atomic mass is 35.5. The minimum atomic E-state index is -0.368. The Hall–Kier alpha value is -1.95. The Morgan fingerprint density at radius 2 is 2.00 bits per heavy atom. The lowest BCUT2D eigenvalue weighted by Crippen LogP contribution is -2.30. The second-order valence-corrected chi connectivity index (χ2v) is 5.09. The summed E-state index contributed by atoms with van der Waals surface area (Å²) in [6.07, 6.45) is 0.173. The van der Waals surface area contributed by atoms with Crippen LogP contribution in [-0.4, -0.2) is 39.6 Å². The van der Waals surface area contributed by atoms with Gasteiger partial charge in [0.1, 0.15) is 11.5 Å². The third kappa shape index (κ3) is 2.90. The van der Waals surface area contributed by atoms with E-state index >= 15 is 0 Å². The molecule has 114 valence electrons. The molecule has 1 unspecified atom stereocenters. The van der Waals surface area contributed by atoms with E-state index in [0.29, 0.717) is 28.8 Å². The van der Waals surface area contributed by atoms with Gasteiger partial charge in [0.25, 0.3) is 0 Å². The number of nitrogens with one attached hydrogen (secondary N) is 1. The van der Waals surface area contributed by atoms with Gasteiger partial charge in [-0.1, -0.05) is 11.6 Å². The Labute approximate surface area is 128 Å². The van der Waals surface area contributed by atoms with Crippen LogP contribution in [0.4, 0.5) is 5.69 Å². The Balaban J connectivity index is 2.35. The highest BCUT2D eigenvalue weighted by Gasteiger charge is 2.36. The molecule has 1 heterocycles. The number of benzene rings is 1. The van der Waals surface area contributed by atoms with Crippen LogP contribution in [0.15, 0.2) is 12.1 Å². The van der Waals surface area contributed by atoms with E-state index in [1.165, 1.54) is 19.1 Å². The van der Waals surface area contributed by atoms with Gasteiger partial charge in [-0.3, -0.25) is 9.59 Å². The number of rotatable bonds is 4. The average Bonchev–Trinajstić information content (AvgIpc) is 2.87. The van der Waals surface area contributed by atoms with Crippen molar-refractivity contribution >= 4 is 29.1 Å². The maximum atomic E-state index is 12.2. The van der Waals surface area contributed by atoms with Crippen LogP contribution in [-0.2, 0) is 9.59 Å². The molecule has 21 heavy (non-hydrogen) atoms. The van der Waals surface area contributed by atoms with Crippen molar-refractivity contribution < 1.29 is 19.1 Å². The Morgan fingerprint density at radius 1 is 1.33 bits per heavy atom. The van der Waals surface area contributed by atoms with Gasteiger partial charge in [-0.05, 0) is 6.07 Å². The van der Waals surface area contributed by atoms with Crippen molar-refractivity contribution in [2.24, 2.45) is 5.92 Å². The predicted molar refractivity (Wildman–Crippen MR) is 79.1 cm³/mol. The molecule has 1 aromatic carbocycles. The lowest BCUT2D eigenvalue weighted by molar-refractivity contribution is -0.125. The fourth-order valence-electron chi connectivity index (χ4n) is 2.38. The molecule has 1 saturated heterocycles.